The topological polar surface area (TPSA) is 59.2 Å². The lowest BCUT2D eigenvalue weighted by atomic mass is 9.90. The van der Waals surface area contributed by atoms with Gasteiger partial charge in [-0.25, -0.2) is 4.63 Å². The molecule has 0 saturated carbocycles. The van der Waals surface area contributed by atoms with Crippen LogP contribution in [0.4, 0.5) is 0 Å². The first-order valence-electron chi connectivity index (χ1n) is 7.36. The molecule has 1 aromatic heterocycles. The van der Waals surface area contributed by atoms with Crippen molar-refractivity contribution in [1.82, 2.24) is 15.2 Å². The van der Waals surface area contributed by atoms with Crippen molar-refractivity contribution in [1.29, 1.82) is 0 Å². The van der Waals surface area contributed by atoms with Gasteiger partial charge in [0, 0.05) is 13.1 Å². The molecule has 1 fully saturated rings. The average molecular weight is 285 g/mol. The standard InChI is InChI=1S/C16H19N3O2/c1-12-15(18-21-17-12)16(20)19-9-7-14(8-10-19)11-13-5-3-2-4-6-13/h2-6,14H,7-11H2,1H3. The second-order valence-corrected chi connectivity index (χ2v) is 5.62. The van der Waals surface area contributed by atoms with Crippen molar-refractivity contribution < 1.29 is 9.42 Å². The number of nitrogens with zero attached hydrogens (tertiary/aromatic N) is 3. The normalized spacial score (nSPS) is 16.1. The summed E-state index contributed by atoms with van der Waals surface area (Å²) in [7, 11) is 0. The minimum atomic E-state index is -0.0630. The second kappa shape index (κ2) is 6.08. The fourth-order valence-corrected chi connectivity index (χ4v) is 2.86. The van der Waals surface area contributed by atoms with Crippen molar-refractivity contribution in [2.75, 3.05) is 13.1 Å². The number of carbonyl (C=O) groups is 1. The first-order chi connectivity index (χ1) is 10.2. The van der Waals surface area contributed by atoms with E-state index in [0.29, 0.717) is 17.3 Å². The molecule has 3 rings (SSSR count). The Kier molecular flexibility index (Phi) is 3.99. The Morgan fingerprint density at radius 3 is 2.57 bits per heavy atom. The van der Waals surface area contributed by atoms with Crippen molar-refractivity contribution in [2.45, 2.75) is 26.2 Å². The second-order valence-electron chi connectivity index (χ2n) is 5.62. The van der Waals surface area contributed by atoms with Gasteiger partial charge in [0.05, 0.1) is 0 Å². The molecule has 0 radical (unpaired) electrons. The lowest BCUT2D eigenvalue weighted by Gasteiger charge is -2.31. The number of aryl methyl sites for hydroxylation is 1. The van der Waals surface area contributed by atoms with Gasteiger partial charge in [-0.15, -0.1) is 0 Å². The van der Waals surface area contributed by atoms with E-state index in [0.717, 1.165) is 32.4 Å². The zero-order valence-corrected chi connectivity index (χ0v) is 12.2. The van der Waals surface area contributed by atoms with Crippen LogP contribution in [-0.2, 0) is 6.42 Å². The summed E-state index contributed by atoms with van der Waals surface area (Å²) in [5, 5.41) is 7.37. The van der Waals surface area contributed by atoms with Gasteiger partial charge in [-0.1, -0.05) is 35.5 Å². The van der Waals surface area contributed by atoms with Crippen LogP contribution in [0.25, 0.3) is 0 Å². The van der Waals surface area contributed by atoms with Gasteiger partial charge in [0.1, 0.15) is 5.69 Å². The van der Waals surface area contributed by atoms with Crippen LogP contribution in [-0.4, -0.2) is 34.2 Å². The van der Waals surface area contributed by atoms with Crippen molar-refractivity contribution >= 4 is 5.91 Å². The SMILES string of the molecule is Cc1nonc1C(=O)N1CCC(Cc2ccccc2)CC1. The number of aromatic nitrogens is 2. The van der Waals surface area contributed by atoms with E-state index in [1.165, 1.54) is 5.56 Å². The van der Waals surface area contributed by atoms with Crippen LogP contribution in [0.3, 0.4) is 0 Å². The Morgan fingerprint density at radius 2 is 1.95 bits per heavy atom. The Balaban J connectivity index is 1.56. The molecule has 1 aliphatic rings. The molecule has 1 aromatic carbocycles. The Hall–Kier alpha value is -2.17. The fourth-order valence-electron chi connectivity index (χ4n) is 2.86. The molecule has 0 aliphatic carbocycles. The van der Waals surface area contributed by atoms with E-state index in [1.807, 2.05) is 11.0 Å². The number of piperidine rings is 1. The molecular formula is C16H19N3O2. The van der Waals surface area contributed by atoms with E-state index in [1.54, 1.807) is 6.92 Å². The molecule has 2 aromatic rings. The molecule has 5 heteroatoms. The molecule has 1 aliphatic heterocycles. The van der Waals surface area contributed by atoms with Crippen LogP contribution in [0.2, 0.25) is 0 Å². The van der Waals surface area contributed by atoms with Gasteiger partial charge in [-0.3, -0.25) is 4.79 Å². The number of likely N-dealkylation sites (tertiary alicyclic amines) is 1. The molecule has 21 heavy (non-hydrogen) atoms. The van der Waals surface area contributed by atoms with Crippen molar-refractivity contribution in [2.24, 2.45) is 5.92 Å². The Labute approximate surface area is 123 Å². The van der Waals surface area contributed by atoms with E-state index in [-0.39, 0.29) is 5.91 Å². The van der Waals surface area contributed by atoms with Gasteiger partial charge >= 0.3 is 0 Å². The maximum Gasteiger partial charge on any atom is 0.278 e. The molecule has 110 valence electrons. The predicted molar refractivity (Wildman–Crippen MR) is 77.8 cm³/mol. The first-order valence-corrected chi connectivity index (χ1v) is 7.36. The average Bonchev–Trinajstić information content (AvgIpc) is 2.94. The summed E-state index contributed by atoms with van der Waals surface area (Å²) in [4.78, 5) is 14.2. The number of amides is 1. The molecule has 5 nitrogen and oxygen atoms in total. The number of rotatable bonds is 3. The molecule has 0 spiro atoms. The molecule has 1 saturated heterocycles. The minimum absolute atomic E-state index is 0.0630. The van der Waals surface area contributed by atoms with Gasteiger partial charge in [0.2, 0.25) is 0 Å². The summed E-state index contributed by atoms with van der Waals surface area (Å²) < 4.78 is 4.61. The van der Waals surface area contributed by atoms with Crippen LogP contribution >= 0.6 is 0 Å². The van der Waals surface area contributed by atoms with Crippen LogP contribution in [0.1, 0.15) is 34.6 Å². The third-order valence-electron chi connectivity index (χ3n) is 4.12. The molecule has 0 N–H and O–H groups in total. The van der Waals surface area contributed by atoms with E-state index < -0.39 is 0 Å². The summed E-state index contributed by atoms with van der Waals surface area (Å²) in [6.07, 6.45) is 3.16. The lowest BCUT2D eigenvalue weighted by Crippen LogP contribution is -2.39. The zero-order chi connectivity index (χ0) is 14.7. The van der Waals surface area contributed by atoms with E-state index in [9.17, 15) is 4.79 Å². The maximum absolute atomic E-state index is 12.3. The fraction of sp³-hybridized carbons (Fsp3) is 0.438. The summed E-state index contributed by atoms with van der Waals surface area (Å²) in [5.41, 5.74) is 2.28. The number of benzene rings is 1. The van der Waals surface area contributed by atoms with Crippen molar-refractivity contribution in [3.8, 4) is 0 Å². The van der Waals surface area contributed by atoms with Crippen molar-refractivity contribution in [3.63, 3.8) is 0 Å². The summed E-state index contributed by atoms with van der Waals surface area (Å²) in [5.74, 6) is 0.583. The third kappa shape index (κ3) is 3.12. The summed E-state index contributed by atoms with van der Waals surface area (Å²) in [6.45, 7) is 3.30. The molecular weight excluding hydrogens is 266 g/mol. The largest absolute Gasteiger partial charge is 0.337 e. The third-order valence-corrected chi connectivity index (χ3v) is 4.12. The van der Waals surface area contributed by atoms with Crippen LogP contribution in [0.15, 0.2) is 35.0 Å². The minimum Gasteiger partial charge on any atom is -0.337 e. The molecule has 0 unspecified atom stereocenters. The highest BCUT2D eigenvalue weighted by molar-refractivity contribution is 5.93. The van der Waals surface area contributed by atoms with Crippen LogP contribution in [0, 0.1) is 12.8 Å². The highest BCUT2D eigenvalue weighted by Gasteiger charge is 2.26. The zero-order valence-electron chi connectivity index (χ0n) is 12.2. The number of carbonyl (C=O) groups excluding carboxylic acids is 1. The van der Waals surface area contributed by atoms with Gasteiger partial charge in [-0.05, 0) is 42.8 Å². The Morgan fingerprint density at radius 1 is 1.24 bits per heavy atom. The lowest BCUT2D eigenvalue weighted by molar-refractivity contribution is 0.0679. The predicted octanol–water partition coefficient (Wildman–Crippen LogP) is 2.47. The number of hydrogen-bond acceptors (Lipinski definition) is 4. The van der Waals surface area contributed by atoms with E-state index in [2.05, 4.69) is 39.2 Å². The van der Waals surface area contributed by atoms with Gasteiger partial charge < -0.3 is 4.90 Å². The van der Waals surface area contributed by atoms with Gasteiger partial charge in [0.25, 0.3) is 5.91 Å². The maximum atomic E-state index is 12.3. The highest BCUT2D eigenvalue weighted by Crippen LogP contribution is 2.22. The summed E-state index contributed by atoms with van der Waals surface area (Å²) in [6, 6.07) is 10.5. The molecule has 2 heterocycles. The molecule has 0 atom stereocenters. The van der Waals surface area contributed by atoms with Crippen LogP contribution < -0.4 is 0 Å². The Bertz CT molecular complexity index is 601. The van der Waals surface area contributed by atoms with Crippen LogP contribution in [0.5, 0.6) is 0 Å². The summed E-state index contributed by atoms with van der Waals surface area (Å²) >= 11 is 0. The number of hydrogen-bond donors (Lipinski definition) is 0. The molecule has 1 amide bonds. The van der Waals surface area contributed by atoms with Gasteiger partial charge in [-0.2, -0.15) is 0 Å². The first kappa shape index (κ1) is 13.8. The van der Waals surface area contributed by atoms with E-state index in [4.69, 9.17) is 0 Å². The smallest absolute Gasteiger partial charge is 0.278 e. The quantitative estimate of drug-likeness (QED) is 0.869. The molecule has 0 bridgehead atoms. The highest BCUT2D eigenvalue weighted by atomic mass is 16.6. The van der Waals surface area contributed by atoms with Crippen molar-refractivity contribution in [3.05, 3.63) is 47.3 Å². The van der Waals surface area contributed by atoms with Gasteiger partial charge in [0.15, 0.2) is 5.69 Å². The monoisotopic (exact) mass is 285 g/mol. The van der Waals surface area contributed by atoms with E-state index >= 15 is 0 Å².